The highest BCUT2D eigenvalue weighted by Crippen LogP contribution is 2.28. The topological polar surface area (TPSA) is 61.3 Å². The SMILES string of the molecule is CN=C(NCCCNc1ccc(C(F)(F)F)cn1)NCCC(F)(F)F. The highest BCUT2D eigenvalue weighted by molar-refractivity contribution is 5.79. The van der Waals surface area contributed by atoms with E-state index < -0.39 is 24.3 Å². The van der Waals surface area contributed by atoms with Crippen LogP contribution < -0.4 is 16.0 Å². The standard InChI is InChI=1S/C14H19F6N5/c1-21-12(24-8-5-13(15,16)17)23-7-2-6-22-11-4-3-10(9-25-11)14(18,19)20/h3-4,9H,2,5-8H2,1H3,(H,22,25)(H2,21,23,24). The van der Waals surface area contributed by atoms with Crippen LogP contribution in [0, 0.1) is 0 Å². The molecule has 0 aromatic carbocycles. The van der Waals surface area contributed by atoms with Gasteiger partial charge in [0.25, 0.3) is 0 Å². The molecule has 0 amide bonds. The van der Waals surface area contributed by atoms with Crippen molar-refractivity contribution < 1.29 is 26.3 Å². The lowest BCUT2D eigenvalue weighted by atomic mass is 10.3. The molecule has 0 saturated heterocycles. The number of hydrogen-bond acceptors (Lipinski definition) is 3. The molecule has 0 fully saturated rings. The molecule has 1 aromatic rings. The second-order valence-corrected chi connectivity index (χ2v) is 5.00. The van der Waals surface area contributed by atoms with Crippen molar-refractivity contribution in [1.29, 1.82) is 0 Å². The van der Waals surface area contributed by atoms with E-state index in [-0.39, 0.29) is 12.5 Å². The molecule has 25 heavy (non-hydrogen) atoms. The molecule has 11 heteroatoms. The summed E-state index contributed by atoms with van der Waals surface area (Å²) in [6.45, 7) is 0.557. The third kappa shape index (κ3) is 9.01. The molecule has 0 spiro atoms. The molecule has 142 valence electrons. The molecule has 1 heterocycles. The van der Waals surface area contributed by atoms with Gasteiger partial charge in [-0.15, -0.1) is 0 Å². The van der Waals surface area contributed by atoms with E-state index in [0.29, 0.717) is 25.3 Å². The molecule has 3 N–H and O–H groups in total. The Hall–Kier alpha value is -2.20. The lowest BCUT2D eigenvalue weighted by molar-refractivity contribution is -0.138. The minimum absolute atomic E-state index is 0.247. The molecular weight excluding hydrogens is 352 g/mol. The van der Waals surface area contributed by atoms with Gasteiger partial charge in [0.1, 0.15) is 5.82 Å². The fourth-order valence-corrected chi connectivity index (χ4v) is 1.72. The summed E-state index contributed by atoms with van der Waals surface area (Å²) in [5.74, 6) is 0.553. The zero-order chi connectivity index (χ0) is 18.9. The third-order valence-corrected chi connectivity index (χ3v) is 2.97. The maximum absolute atomic E-state index is 12.4. The van der Waals surface area contributed by atoms with Crippen LogP contribution in [0.15, 0.2) is 23.3 Å². The van der Waals surface area contributed by atoms with Crippen molar-refractivity contribution in [2.75, 3.05) is 32.0 Å². The number of aliphatic imine (C=N–C) groups is 1. The minimum Gasteiger partial charge on any atom is -0.370 e. The quantitative estimate of drug-likeness (QED) is 0.298. The van der Waals surface area contributed by atoms with Gasteiger partial charge < -0.3 is 16.0 Å². The number of nitrogens with one attached hydrogen (secondary N) is 3. The Kier molecular flexibility index (Phi) is 7.78. The van der Waals surface area contributed by atoms with Gasteiger partial charge >= 0.3 is 12.4 Å². The summed E-state index contributed by atoms with van der Waals surface area (Å²) in [6, 6.07) is 2.16. The molecule has 0 aliphatic carbocycles. The lowest BCUT2D eigenvalue weighted by Gasteiger charge is -2.13. The summed E-state index contributed by atoms with van der Waals surface area (Å²) in [5.41, 5.74) is -0.826. The lowest BCUT2D eigenvalue weighted by Crippen LogP contribution is -2.39. The van der Waals surface area contributed by atoms with E-state index in [9.17, 15) is 26.3 Å². The normalized spacial score (nSPS) is 12.8. The van der Waals surface area contributed by atoms with Gasteiger partial charge in [-0.25, -0.2) is 4.98 Å². The van der Waals surface area contributed by atoms with Crippen LogP contribution in [-0.4, -0.2) is 43.8 Å². The van der Waals surface area contributed by atoms with Crippen LogP contribution in [0.25, 0.3) is 0 Å². The molecule has 0 radical (unpaired) electrons. The van der Waals surface area contributed by atoms with E-state index in [1.807, 2.05) is 0 Å². The molecule has 1 aromatic heterocycles. The highest BCUT2D eigenvalue weighted by Gasteiger charge is 2.30. The Morgan fingerprint density at radius 2 is 1.72 bits per heavy atom. The van der Waals surface area contributed by atoms with Crippen LogP contribution >= 0.6 is 0 Å². The van der Waals surface area contributed by atoms with Crippen molar-refractivity contribution in [1.82, 2.24) is 15.6 Å². The van der Waals surface area contributed by atoms with Crippen LogP contribution in [-0.2, 0) is 6.18 Å². The maximum Gasteiger partial charge on any atom is 0.417 e. The summed E-state index contributed by atoms with van der Waals surface area (Å²) < 4.78 is 73.3. The monoisotopic (exact) mass is 371 g/mol. The first-order valence-corrected chi connectivity index (χ1v) is 7.40. The third-order valence-electron chi connectivity index (χ3n) is 2.97. The van der Waals surface area contributed by atoms with Crippen molar-refractivity contribution in [3.8, 4) is 0 Å². The van der Waals surface area contributed by atoms with Gasteiger partial charge in [-0.1, -0.05) is 0 Å². The summed E-state index contributed by atoms with van der Waals surface area (Å²) >= 11 is 0. The molecular formula is C14H19F6N5. The van der Waals surface area contributed by atoms with Crippen LogP contribution in [0.5, 0.6) is 0 Å². The zero-order valence-electron chi connectivity index (χ0n) is 13.4. The second kappa shape index (κ2) is 9.33. The predicted octanol–water partition coefficient (Wildman–Crippen LogP) is 3.02. The Morgan fingerprint density at radius 3 is 2.24 bits per heavy atom. The second-order valence-electron chi connectivity index (χ2n) is 5.00. The first-order valence-electron chi connectivity index (χ1n) is 7.40. The van der Waals surface area contributed by atoms with Crippen molar-refractivity contribution in [3.63, 3.8) is 0 Å². The molecule has 0 aliphatic rings. The van der Waals surface area contributed by atoms with Crippen LogP contribution in [0.2, 0.25) is 0 Å². The average molecular weight is 371 g/mol. The Morgan fingerprint density at radius 1 is 1.04 bits per heavy atom. The van der Waals surface area contributed by atoms with Crippen LogP contribution in [0.4, 0.5) is 32.2 Å². The fourth-order valence-electron chi connectivity index (χ4n) is 1.72. The Labute approximate surface area is 140 Å². The number of nitrogens with zero attached hydrogens (tertiary/aromatic N) is 2. The molecule has 0 atom stereocenters. The molecule has 5 nitrogen and oxygen atoms in total. The van der Waals surface area contributed by atoms with E-state index in [1.165, 1.54) is 13.1 Å². The Balaban J connectivity index is 2.22. The van der Waals surface area contributed by atoms with Gasteiger partial charge in [-0.05, 0) is 18.6 Å². The number of halogens is 6. The summed E-state index contributed by atoms with van der Waals surface area (Å²) in [6.07, 6.45) is -8.32. The number of hydrogen-bond donors (Lipinski definition) is 3. The first-order chi connectivity index (χ1) is 11.6. The van der Waals surface area contributed by atoms with Crippen LogP contribution in [0.1, 0.15) is 18.4 Å². The first kappa shape index (κ1) is 20.8. The summed E-state index contributed by atoms with van der Waals surface area (Å²) in [7, 11) is 1.44. The summed E-state index contributed by atoms with van der Waals surface area (Å²) in [4.78, 5) is 7.45. The van der Waals surface area contributed by atoms with E-state index in [2.05, 4.69) is 25.9 Å². The van der Waals surface area contributed by atoms with Crippen molar-refractivity contribution >= 4 is 11.8 Å². The van der Waals surface area contributed by atoms with Gasteiger partial charge in [0.05, 0.1) is 12.0 Å². The highest BCUT2D eigenvalue weighted by atomic mass is 19.4. The molecule has 0 saturated carbocycles. The van der Waals surface area contributed by atoms with Gasteiger partial charge in [0, 0.05) is 32.9 Å². The number of aromatic nitrogens is 1. The number of pyridine rings is 1. The van der Waals surface area contributed by atoms with E-state index >= 15 is 0 Å². The van der Waals surface area contributed by atoms with E-state index in [1.54, 1.807) is 0 Å². The number of guanidine groups is 1. The van der Waals surface area contributed by atoms with Crippen molar-refractivity contribution in [3.05, 3.63) is 23.9 Å². The minimum atomic E-state index is -4.43. The summed E-state index contributed by atoms with van der Waals surface area (Å²) in [5, 5.41) is 8.22. The molecule has 0 bridgehead atoms. The smallest absolute Gasteiger partial charge is 0.370 e. The largest absolute Gasteiger partial charge is 0.417 e. The van der Waals surface area contributed by atoms with Gasteiger partial charge in [0.2, 0.25) is 0 Å². The van der Waals surface area contributed by atoms with Crippen molar-refractivity contribution in [2.24, 2.45) is 4.99 Å². The predicted molar refractivity (Wildman–Crippen MR) is 82.4 cm³/mol. The number of anilines is 1. The molecule has 0 unspecified atom stereocenters. The van der Waals surface area contributed by atoms with Gasteiger partial charge in [-0.3, -0.25) is 4.99 Å². The number of alkyl halides is 6. The van der Waals surface area contributed by atoms with E-state index in [4.69, 9.17) is 0 Å². The van der Waals surface area contributed by atoms with Gasteiger partial charge in [-0.2, -0.15) is 26.3 Å². The van der Waals surface area contributed by atoms with Crippen LogP contribution in [0.3, 0.4) is 0 Å². The average Bonchev–Trinajstić information content (AvgIpc) is 2.51. The number of rotatable bonds is 7. The Bertz CT molecular complexity index is 538. The fraction of sp³-hybridized carbons (Fsp3) is 0.571. The maximum atomic E-state index is 12.4. The van der Waals surface area contributed by atoms with Crippen molar-refractivity contribution in [2.45, 2.75) is 25.2 Å². The zero-order valence-corrected chi connectivity index (χ0v) is 13.4. The van der Waals surface area contributed by atoms with Gasteiger partial charge in [0.15, 0.2) is 5.96 Å². The van der Waals surface area contributed by atoms with E-state index in [0.717, 1.165) is 12.3 Å². The molecule has 1 rings (SSSR count). The molecule has 0 aliphatic heterocycles.